The van der Waals surface area contributed by atoms with Crippen molar-refractivity contribution in [3.63, 3.8) is 0 Å². The lowest BCUT2D eigenvalue weighted by atomic mass is 9.95. The van der Waals surface area contributed by atoms with Gasteiger partial charge in [0.25, 0.3) is 0 Å². The summed E-state index contributed by atoms with van der Waals surface area (Å²) < 4.78 is 0. The van der Waals surface area contributed by atoms with Gasteiger partial charge in [-0.3, -0.25) is 9.59 Å². The topological polar surface area (TPSA) is 49.4 Å². The van der Waals surface area contributed by atoms with Crippen molar-refractivity contribution in [3.05, 3.63) is 35.4 Å². The third-order valence-electron chi connectivity index (χ3n) is 4.26. The van der Waals surface area contributed by atoms with Crippen LogP contribution in [0, 0.1) is 12.3 Å². The lowest BCUT2D eigenvalue weighted by Gasteiger charge is -2.27. The average molecular weight is 316 g/mol. The van der Waals surface area contributed by atoms with E-state index in [1.807, 2.05) is 25.7 Å². The first kappa shape index (κ1) is 17.5. The zero-order chi connectivity index (χ0) is 17.0. The Bertz CT molecular complexity index is 558. The van der Waals surface area contributed by atoms with Gasteiger partial charge in [0, 0.05) is 18.5 Å². The maximum atomic E-state index is 12.8. The van der Waals surface area contributed by atoms with Gasteiger partial charge in [0.05, 0.1) is 0 Å². The number of likely N-dealkylation sites (tertiary alicyclic amines) is 1. The molecular formula is C19H28N2O2. The number of carbonyl (C=O) groups is 2. The summed E-state index contributed by atoms with van der Waals surface area (Å²) in [6.07, 6.45) is 2.68. The first-order valence-corrected chi connectivity index (χ1v) is 8.42. The van der Waals surface area contributed by atoms with Gasteiger partial charge in [0.1, 0.15) is 6.04 Å². The standard InChI is InChI=1S/C19H28N2O2/c1-14-8-10-15(11-9-14)13-21-12-6-5-7-16(17(21)22)20-18(23)19(2,3)4/h8-11,16H,5-7,12-13H2,1-4H3,(H,20,23). The van der Waals surface area contributed by atoms with E-state index in [0.29, 0.717) is 6.54 Å². The molecule has 1 N–H and O–H groups in total. The molecule has 0 saturated carbocycles. The molecule has 1 atom stereocenters. The zero-order valence-corrected chi connectivity index (χ0v) is 14.7. The SMILES string of the molecule is Cc1ccc(CN2CCCCC(NC(=O)C(C)(C)C)C2=O)cc1. The van der Waals surface area contributed by atoms with Crippen LogP contribution in [0.5, 0.6) is 0 Å². The minimum absolute atomic E-state index is 0.0423. The summed E-state index contributed by atoms with van der Waals surface area (Å²) in [4.78, 5) is 26.9. The van der Waals surface area contributed by atoms with Gasteiger partial charge in [-0.2, -0.15) is 0 Å². The average Bonchev–Trinajstić information content (AvgIpc) is 2.64. The molecule has 1 aliphatic heterocycles. The maximum Gasteiger partial charge on any atom is 0.245 e. The molecule has 0 bridgehead atoms. The largest absolute Gasteiger partial charge is 0.344 e. The summed E-state index contributed by atoms with van der Waals surface area (Å²) in [5.74, 6) is -0.0197. The molecule has 1 aromatic rings. The number of rotatable bonds is 3. The number of nitrogens with one attached hydrogen (secondary N) is 1. The van der Waals surface area contributed by atoms with Crippen LogP contribution in [0.15, 0.2) is 24.3 Å². The van der Waals surface area contributed by atoms with E-state index in [9.17, 15) is 9.59 Å². The van der Waals surface area contributed by atoms with Crippen molar-refractivity contribution >= 4 is 11.8 Å². The molecule has 23 heavy (non-hydrogen) atoms. The lowest BCUT2D eigenvalue weighted by molar-refractivity contribution is -0.138. The molecule has 2 amide bonds. The zero-order valence-electron chi connectivity index (χ0n) is 14.7. The molecule has 1 saturated heterocycles. The molecule has 126 valence electrons. The number of benzene rings is 1. The van der Waals surface area contributed by atoms with E-state index in [1.54, 1.807) is 0 Å². The van der Waals surface area contributed by atoms with E-state index in [-0.39, 0.29) is 11.8 Å². The Kier molecular flexibility index (Phi) is 5.45. The Morgan fingerprint density at radius 3 is 2.48 bits per heavy atom. The van der Waals surface area contributed by atoms with Crippen molar-refractivity contribution in [2.24, 2.45) is 5.41 Å². The van der Waals surface area contributed by atoms with Crippen LogP contribution in [0.25, 0.3) is 0 Å². The monoisotopic (exact) mass is 316 g/mol. The summed E-state index contributed by atoms with van der Waals surface area (Å²) >= 11 is 0. The summed E-state index contributed by atoms with van der Waals surface area (Å²) in [6.45, 7) is 9.03. The molecule has 1 aromatic carbocycles. The highest BCUT2D eigenvalue weighted by atomic mass is 16.2. The fourth-order valence-electron chi connectivity index (χ4n) is 2.68. The summed E-state index contributed by atoms with van der Waals surface area (Å²) in [6, 6.07) is 7.87. The lowest BCUT2D eigenvalue weighted by Crippen LogP contribution is -2.50. The predicted molar refractivity (Wildman–Crippen MR) is 91.8 cm³/mol. The van der Waals surface area contributed by atoms with Gasteiger partial charge in [-0.15, -0.1) is 0 Å². The minimum Gasteiger partial charge on any atom is -0.344 e. The van der Waals surface area contributed by atoms with Crippen molar-refractivity contribution in [2.45, 2.75) is 59.5 Å². The summed E-state index contributed by atoms with van der Waals surface area (Å²) in [5.41, 5.74) is 1.87. The predicted octanol–water partition coefficient (Wildman–Crippen LogP) is 3.04. The molecule has 2 rings (SSSR count). The molecular weight excluding hydrogens is 288 g/mol. The molecule has 0 aliphatic carbocycles. The highest BCUT2D eigenvalue weighted by Gasteiger charge is 2.31. The summed E-state index contributed by atoms with van der Waals surface area (Å²) in [5, 5.41) is 2.94. The number of carbonyl (C=O) groups excluding carboxylic acids is 2. The third-order valence-corrected chi connectivity index (χ3v) is 4.26. The molecule has 0 aromatic heterocycles. The van der Waals surface area contributed by atoms with Crippen LogP contribution in [0.1, 0.15) is 51.2 Å². The van der Waals surface area contributed by atoms with Crippen molar-refractivity contribution in [2.75, 3.05) is 6.54 Å². The Hall–Kier alpha value is -1.84. The van der Waals surface area contributed by atoms with E-state index in [2.05, 4.69) is 36.5 Å². The van der Waals surface area contributed by atoms with Gasteiger partial charge in [0.2, 0.25) is 11.8 Å². The van der Waals surface area contributed by atoms with E-state index in [0.717, 1.165) is 31.4 Å². The van der Waals surface area contributed by atoms with E-state index >= 15 is 0 Å². The van der Waals surface area contributed by atoms with E-state index in [1.165, 1.54) is 5.56 Å². The second-order valence-corrected chi connectivity index (χ2v) is 7.52. The number of hydrogen-bond donors (Lipinski definition) is 1. The van der Waals surface area contributed by atoms with Crippen molar-refractivity contribution < 1.29 is 9.59 Å². The molecule has 1 aliphatic rings. The van der Waals surface area contributed by atoms with E-state index < -0.39 is 11.5 Å². The van der Waals surface area contributed by atoms with Crippen LogP contribution in [0.2, 0.25) is 0 Å². The molecule has 1 fully saturated rings. The van der Waals surface area contributed by atoms with Gasteiger partial charge in [0.15, 0.2) is 0 Å². The first-order chi connectivity index (χ1) is 10.8. The Morgan fingerprint density at radius 1 is 1.22 bits per heavy atom. The molecule has 4 heteroatoms. The quantitative estimate of drug-likeness (QED) is 0.932. The molecule has 4 nitrogen and oxygen atoms in total. The maximum absolute atomic E-state index is 12.8. The summed E-state index contributed by atoms with van der Waals surface area (Å²) in [7, 11) is 0. The Balaban J connectivity index is 2.06. The highest BCUT2D eigenvalue weighted by Crippen LogP contribution is 2.18. The molecule has 1 heterocycles. The highest BCUT2D eigenvalue weighted by molar-refractivity contribution is 5.89. The van der Waals surface area contributed by atoms with Crippen molar-refractivity contribution in [1.29, 1.82) is 0 Å². The van der Waals surface area contributed by atoms with Gasteiger partial charge < -0.3 is 10.2 Å². The van der Waals surface area contributed by atoms with Gasteiger partial charge in [-0.05, 0) is 31.7 Å². The van der Waals surface area contributed by atoms with E-state index in [4.69, 9.17) is 0 Å². The second kappa shape index (κ2) is 7.16. The fourth-order valence-corrected chi connectivity index (χ4v) is 2.68. The number of aryl methyl sites for hydroxylation is 1. The van der Waals surface area contributed by atoms with Gasteiger partial charge >= 0.3 is 0 Å². The number of nitrogens with zero attached hydrogens (tertiary/aromatic N) is 1. The Labute approximate surface area is 139 Å². The first-order valence-electron chi connectivity index (χ1n) is 8.42. The van der Waals surface area contributed by atoms with Crippen LogP contribution < -0.4 is 5.32 Å². The Morgan fingerprint density at radius 2 is 1.87 bits per heavy atom. The smallest absolute Gasteiger partial charge is 0.245 e. The van der Waals surface area contributed by atoms with Crippen molar-refractivity contribution in [1.82, 2.24) is 10.2 Å². The molecule has 0 spiro atoms. The van der Waals surface area contributed by atoms with Crippen LogP contribution in [-0.4, -0.2) is 29.3 Å². The second-order valence-electron chi connectivity index (χ2n) is 7.52. The van der Waals surface area contributed by atoms with Crippen LogP contribution in [-0.2, 0) is 16.1 Å². The van der Waals surface area contributed by atoms with Crippen LogP contribution >= 0.6 is 0 Å². The minimum atomic E-state index is -0.478. The molecule has 0 radical (unpaired) electrons. The normalized spacial score (nSPS) is 19.4. The molecule has 1 unspecified atom stereocenters. The number of amides is 2. The van der Waals surface area contributed by atoms with Crippen LogP contribution in [0.3, 0.4) is 0 Å². The van der Waals surface area contributed by atoms with Gasteiger partial charge in [-0.25, -0.2) is 0 Å². The fraction of sp³-hybridized carbons (Fsp3) is 0.579. The number of hydrogen-bond acceptors (Lipinski definition) is 2. The van der Waals surface area contributed by atoms with Gasteiger partial charge in [-0.1, -0.05) is 50.6 Å². The van der Waals surface area contributed by atoms with Crippen LogP contribution in [0.4, 0.5) is 0 Å². The van der Waals surface area contributed by atoms with Crippen molar-refractivity contribution in [3.8, 4) is 0 Å². The third kappa shape index (κ3) is 4.81.